The van der Waals surface area contributed by atoms with E-state index in [1.165, 1.54) is 0 Å². The van der Waals surface area contributed by atoms with E-state index in [1.807, 2.05) is 0 Å². The maximum absolute atomic E-state index is 12.0. The molecule has 8 nitrogen and oxygen atoms in total. The number of non-ortho nitro benzene ring substituents is 2. The van der Waals surface area contributed by atoms with Crippen LogP contribution in [0.2, 0.25) is 0 Å². The second kappa shape index (κ2) is 6.22. The highest BCUT2D eigenvalue weighted by atomic mass is 16.6. The molecule has 22 heavy (non-hydrogen) atoms. The highest BCUT2D eigenvalue weighted by molar-refractivity contribution is 5.91. The van der Waals surface area contributed by atoms with Crippen molar-refractivity contribution < 1.29 is 19.4 Å². The molecule has 0 fully saturated rings. The van der Waals surface area contributed by atoms with E-state index in [4.69, 9.17) is 11.2 Å². The van der Waals surface area contributed by atoms with E-state index < -0.39 is 38.7 Å². The zero-order valence-corrected chi connectivity index (χ0v) is 12.2. The fourth-order valence-electron chi connectivity index (χ4n) is 1.56. The molecule has 0 aliphatic rings. The number of nitro groups is 2. The molecule has 0 aliphatic heterocycles. The SMILES string of the molecule is C#C[C@H](OC(=O)c1cc([N+](=O)[O-])cc([N+](=O)[O-])c1)C(C)(C)C. The minimum Gasteiger partial charge on any atom is -0.445 e. The average Bonchev–Trinajstić information content (AvgIpc) is 2.42. The van der Waals surface area contributed by atoms with Crippen molar-refractivity contribution in [2.75, 3.05) is 0 Å². The van der Waals surface area contributed by atoms with E-state index in [-0.39, 0.29) is 5.56 Å². The molecule has 1 rings (SSSR count). The van der Waals surface area contributed by atoms with Gasteiger partial charge in [-0.3, -0.25) is 20.2 Å². The van der Waals surface area contributed by atoms with Gasteiger partial charge in [0.05, 0.1) is 21.5 Å². The Morgan fingerprint density at radius 2 is 1.64 bits per heavy atom. The quantitative estimate of drug-likeness (QED) is 0.366. The molecule has 0 N–H and O–H groups in total. The van der Waals surface area contributed by atoms with Gasteiger partial charge < -0.3 is 4.74 Å². The van der Waals surface area contributed by atoms with Crippen LogP contribution < -0.4 is 0 Å². The topological polar surface area (TPSA) is 113 Å². The number of nitrogens with zero attached hydrogens (tertiary/aromatic N) is 2. The zero-order chi connectivity index (χ0) is 17.1. The molecule has 0 bridgehead atoms. The Balaban J connectivity index is 3.20. The molecular formula is C14H14N2O6. The number of hydrogen-bond acceptors (Lipinski definition) is 6. The molecule has 0 radical (unpaired) electrons. The lowest BCUT2D eigenvalue weighted by Crippen LogP contribution is -2.30. The van der Waals surface area contributed by atoms with Crippen molar-refractivity contribution in [2.24, 2.45) is 5.41 Å². The molecule has 0 aliphatic carbocycles. The van der Waals surface area contributed by atoms with Gasteiger partial charge in [0.1, 0.15) is 0 Å². The summed E-state index contributed by atoms with van der Waals surface area (Å²) in [7, 11) is 0. The monoisotopic (exact) mass is 306 g/mol. The van der Waals surface area contributed by atoms with E-state index in [0.29, 0.717) is 0 Å². The van der Waals surface area contributed by atoms with Crippen LogP contribution in [0.15, 0.2) is 18.2 Å². The third-order valence-corrected chi connectivity index (χ3v) is 2.72. The second-order valence-corrected chi connectivity index (χ2v) is 5.57. The van der Waals surface area contributed by atoms with Gasteiger partial charge in [0.15, 0.2) is 6.10 Å². The number of carbonyl (C=O) groups excluding carboxylic acids is 1. The Morgan fingerprint density at radius 3 is 1.95 bits per heavy atom. The first-order valence-electron chi connectivity index (χ1n) is 6.17. The largest absolute Gasteiger partial charge is 0.445 e. The maximum atomic E-state index is 12.0. The lowest BCUT2D eigenvalue weighted by molar-refractivity contribution is -0.394. The molecule has 1 aromatic rings. The summed E-state index contributed by atoms with van der Waals surface area (Å²) in [5.74, 6) is 1.35. The van der Waals surface area contributed by atoms with Gasteiger partial charge in [-0.2, -0.15) is 0 Å². The first-order valence-corrected chi connectivity index (χ1v) is 6.17. The third-order valence-electron chi connectivity index (χ3n) is 2.72. The number of hydrogen-bond donors (Lipinski definition) is 0. The standard InChI is InChI=1S/C14H14N2O6/c1-5-12(14(2,3)4)22-13(17)9-6-10(15(18)19)8-11(7-9)16(20)21/h1,6-8,12H,2-4H3/t12-/m0/s1. The fourth-order valence-corrected chi connectivity index (χ4v) is 1.56. The van der Waals surface area contributed by atoms with Crippen LogP contribution >= 0.6 is 0 Å². The molecule has 0 saturated carbocycles. The summed E-state index contributed by atoms with van der Waals surface area (Å²) in [6.07, 6.45) is 4.42. The lowest BCUT2D eigenvalue weighted by Gasteiger charge is -2.25. The van der Waals surface area contributed by atoms with Gasteiger partial charge in [0, 0.05) is 17.5 Å². The van der Waals surface area contributed by atoms with Crippen LogP contribution in [0.1, 0.15) is 31.1 Å². The molecule has 1 aromatic carbocycles. The summed E-state index contributed by atoms with van der Waals surface area (Å²) in [6, 6.07) is 2.58. The van der Waals surface area contributed by atoms with Gasteiger partial charge in [-0.1, -0.05) is 26.7 Å². The molecule has 116 valence electrons. The van der Waals surface area contributed by atoms with E-state index in [1.54, 1.807) is 20.8 Å². The second-order valence-electron chi connectivity index (χ2n) is 5.57. The van der Waals surface area contributed by atoms with Gasteiger partial charge in [0.25, 0.3) is 11.4 Å². The predicted octanol–water partition coefficient (Wildman–Crippen LogP) is 2.71. The molecule has 0 heterocycles. The third kappa shape index (κ3) is 4.02. The smallest absolute Gasteiger partial charge is 0.339 e. The molecule has 0 amide bonds. The number of carbonyl (C=O) groups is 1. The Morgan fingerprint density at radius 1 is 1.18 bits per heavy atom. The van der Waals surface area contributed by atoms with Gasteiger partial charge in [-0.15, -0.1) is 6.42 Å². The maximum Gasteiger partial charge on any atom is 0.339 e. The number of esters is 1. The van der Waals surface area contributed by atoms with Crippen LogP contribution in [-0.2, 0) is 4.74 Å². The highest BCUT2D eigenvalue weighted by Crippen LogP contribution is 2.26. The van der Waals surface area contributed by atoms with Crippen molar-refractivity contribution >= 4 is 17.3 Å². The van der Waals surface area contributed by atoms with E-state index in [9.17, 15) is 25.0 Å². The van der Waals surface area contributed by atoms with E-state index >= 15 is 0 Å². The Hall–Kier alpha value is -2.95. The predicted molar refractivity (Wildman–Crippen MR) is 77.2 cm³/mol. The number of rotatable bonds is 4. The van der Waals surface area contributed by atoms with Crippen molar-refractivity contribution in [3.63, 3.8) is 0 Å². The molecule has 0 aromatic heterocycles. The first-order chi connectivity index (χ1) is 10.1. The minimum absolute atomic E-state index is 0.301. The molecule has 0 saturated heterocycles. The van der Waals surface area contributed by atoms with E-state index in [2.05, 4.69) is 5.92 Å². The van der Waals surface area contributed by atoms with Gasteiger partial charge in [-0.25, -0.2) is 4.79 Å². The molecule has 1 atom stereocenters. The highest BCUT2D eigenvalue weighted by Gasteiger charge is 2.28. The van der Waals surface area contributed by atoms with Crippen LogP contribution in [0.4, 0.5) is 11.4 Å². The van der Waals surface area contributed by atoms with Crippen molar-refractivity contribution in [1.29, 1.82) is 0 Å². The Bertz CT molecular complexity index is 637. The Labute approximate surface area is 126 Å². The van der Waals surface area contributed by atoms with Crippen LogP contribution in [0.25, 0.3) is 0 Å². The summed E-state index contributed by atoms with van der Waals surface area (Å²) in [4.78, 5) is 32.0. The number of benzene rings is 1. The summed E-state index contributed by atoms with van der Waals surface area (Å²) >= 11 is 0. The summed E-state index contributed by atoms with van der Waals surface area (Å²) in [5.41, 5.74) is -1.99. The molecule has 0 spiro atoms. The van der Waals surface area contributed by atoms with Crippen molar-refractivity contribution in [3.8, 4) is 12.3 Å². The average molecular weight is 306 g/mol. The number of terminal acetylenes is 1. The number of nitro benzene ring substituents is 2. The lowest BCUT2D eigenvalue weighted by atomic mass is 9.89. The van der Waals surface area contributed by atoms with Gasteiger partial charge in [0.2, 0.25) is 0 Å². The van der Waals surface area contributed by atoms with Crippen molar-refractivity contribution in [1.82, 2.24) is 0 Å². The summed E-state index contributed by atoms with van der Waals surface area (Å²) in [6.45, 7) is 5.25. The minimum atomic E-state index is -0.954. The molecular weight excluding hydrogens is 292 g/mol. The van der Waals surface area contributed by atoms with Crippen LogP contribution in [0.5, 0.6) is 0 Å². The van der Waals surface area contributed by atoms with Crippen molar-refractivity contribution in [3.05, 3.63) is 44.0 Å². The van der Waals surface area contributed by atoms with Crippen LogP contribution in [-0.4, -0.2) is 21.9 Å². The van der Waals surface area contributed by atoms with Crippen LogP contribution in [0.3, 0.4) is 0 Å². The van der Waals surface area contributed by atoms with E-state index in [0.717, 1.165) is 18.2 Å². The van der Waals surface area contributed by atoms with Crippen molar-refractivity contribution in [2.45, 2.75) is 26.9 Å². The van der Waals surface area contributed by atoms with Crippen LogP contribution in [0, 0.1) is 38.0 Å². The summed E-state index contributed by atoms with van der Waals surface area (Å²) in [5, 5.41) is 21.6. The Kier molecular flexibility index (Phi) is 4.83. The molecule has 8 heteroatoms. The molecule has 0 unspecified atom stereocenters. The first kappa shape index (κ1) is 17.1. The summed E-state index contributed by atoms with van der Waals surface area (Å²) < 4.78 is 5.10. The number of ether oxygens (including phenoxy) is 1. The normalized spacial score (nSPS) is 12.1. The fraction of sp³-hybridized carbons (Fsp3) is 0.357. The zero-order valence-electron chi connectivity index (χ0n) is 12.2. The van der Waals surface area contributed by atoms with Gasteiger partial charge in [-0.05, 0) is 0 Å². The van der Waals surface area contributed by atoms with Gasteiger partial charge >= 0.3 is 5.97 Å².